The van der Waals surface area contributed by atoms with Gasteiger partial charge < -0.3 is 19.1 Å². The van der Waals surface area contributed by atoms with Crippen LogP contribution < -0.4 is 19.5 Å². The number of amides is 1. The molecule has 12 heteroatoms. The second kappa shape index (κ2) is 10.7. The molecule has 0 atom stereocenters. The molecule has 0 radical (unpaired) electrons. The molecule has 1 aliphatic heterocycles. The number of carbonyl (C=O) groups is 2. The van der Waals surface area contributed by atoms with Crippen molar-refractivity contribution >= 4 is 35.4 Å². The van der Waals surface area contributed by atoms with Gasteiger partial charge in [0, 0.05) is 13.1 Å². The molecule has 1 aromatic carbocycles. The summed E-state index contributed by atoms with van der Waals surface area (Å²) >= 11 is 0.970. The van der Waals surface area contributed by atoms with Crippen molar-refractivity contribution in [3.63, 3.8) is 0 Å². The topological polar surface area (TPSA) is 87.1 Å². The van der Waals surface area contributed by atoms with Gasteiger partial charge >= 0.3 is 12.3 Å². The second-order valence-electron chi connectivity index (χ2n) is 6.85. The fourth-order valence-corrected chi connectivity index (χ4v) is 4.07. The van der Waals surface area contributed by atoms with Crippen molar-refractivity contribution in [3.8, 4) is 5.75 Å². The van der Waals surface area contributed by atoms with Crippen molar-refractivity contribution in [2.45, 2.75) is 19.8 Å². The Kier molecular flexibility index (Phi) is 7.92. The van der Waals surface area contributed by atoms with Crippen LogP contribution in [-0.2, 0) is 25.6 Å². The van der Waals surface area contributed by atoms with Crippen molar-refractivity contribution < 1.29 is 37.0 Å². The van der Waals surface area contributed by atoms with E-state index in [2.05, 4.69) is 4.74 Å². The summed E-state index contributed by atoms with van der Waals surface area (Å²) in [5.41, 5.74) is -0.0648. The van der Waals surface area contributed by atoms with E-state index in [0.717, 1.165) is 29.5 Å². The van der Waals surface area contributed by atoms with Gasteiger partial charge in [-0.1, -0.05) is 12.1 Å². The fraction of sp³-hybridized carbons (Fsp3) is 0.381. The molecule has 178 valence electrons. The number of alkyl halides is 3. The van der Waals surface area contributed by atoms with E-state index in [1.165, 1.54) is 22.8 Å². The van der Waals surface area contributed by atoms with Crippen LogP contribution in [0.1, 0.15) is 12.5 Å². The third kappa shape index (κ3) is 6.93. The van der Waals surface area contributed by atoms with Crippen molar-refractivity contribution in [2.24, 2.45) is 0 Å². The average Bonchev–Trinajstić information content (AvgIpc) is 3.03. The number of hydrogen-bond donors (Lipinski definition) is 0. The molecule has 1 fully saturated rings. The summed E-state index contributed by atoms with van der Waals surface area (Å²) in [7, 11) is 0. The van der Waals surface area contributed by atoms with Gasteiger partial charge in [-0.15, -0.1) is 24.5 Å². The van der Waals surface area contributed by atoms with Gasteiger partial charge in [0.25, 0.3) is 5.56 Å². The normalized spacial score (nSPS) is 15.6. The highest BCUT2D eigenvalue weighted by atomic mass is 32.1. The maximum atomic E-state index is 13.0. The van der Waals surface area contributed by atoms with Crippen LogP contribution in [0.4, 0.5) is 13.2 Å². The molecule has 1 aliphatic rings. The maximum absolute atomic E-state index is 13.0. The molecule has 1 saturated heterocycles. The Morgan fingerprint density at radius 2 is 1.85 bits per heavy atom. The number of aromatic nitrogens is 1. The number of hydrogen-bond acceptors (Lipinski definition) is 7. The van der Waals surface area contributed by atoms with Crippen LogP contribution in [0.25, 0.3) is 12.2 Å². The third-order valence-electron chi connectivity index (χ3n) is 4.53. The highest BCUT2D eigenvalue weighted by molar-refractivity contribution is 7.07. The number of benzene rings is 1. The lowest BCUT2D eigenvalue weighted by atomic mass is 10.2. The van der Waals surface area contributed by atoms with E-state index < -0.39 is 23.6 Å². The predicted octanol–water partition coefficient (Wildman–Crippen LogP) is 0.840. The van der Waals surface area contributed by atoms with Gasteiger partial charge in [0.1, 0.15) is 17.0 Å². The molecule has 0 saturated carbocycles. The van der Waals surface area contributed by atoms with E-state index in [0.29, 0.717) is 31.9 Å². The summed E-state index contributed by atoms with van der Waals surface area (Å²) in [6, 6.07) is 4.97. The molecule has 0 unspecified atom stereocenters. The van der Waals surface area contributed by atoms with Gasteiger partial charge in [0.15, 0.2) is 0 Å². The van der Waals surface area contributed by atoms with E-state index in [-0.39, 0.29) is 28.3 Å². The lowest BCUT2D eigenvalue weighted by Gasteiger charge is -2.26. The van der Waals surface area contributed by atoms with E-state index in [4.69, 9.17) is 9.47 Å². The first-order valence-electron chi connectivity index (χ1n) is 9.97. The average molecular weight is 486 g/mol. The molecule has 8 nitrogen and oxygen atoms in total. The number of rotatable bonds is 6. The van der Waals surface area contributed by atoms with Crippen LogP contribution in [0.5, 0.6) is 5.75 Å². The quantitative estimate of drug-likeness (QED) is 0.563. The number of thiazole rings is 1. The zero-order valence-electron chi connectivity index (χ0n) is 17.6. The number of esters is 1. The summed E-state index contributed by atoms with van der Waals surface area (Å²) < 4.78 is 52.6. The van der Waals surface area contributed by atoms with Gasteiger partial charge in [-0.05, 0) is 30.7 Å². The first-order valence-corrected chi connectivity index (χ1v) is 10.8. The summed E-state index contributed by atoms with van der Waals surface area (Å²) in [5, 5.41) is 0. The Balaban J connectivity index is 1.96. The van der Waals surface area contributed by atoms with E-state index >= 15 is 0 Å². The molecule has 1 aromatic heterocycles. The highest BCUT2D eigenvalue weighted by Gasteiger charge is 2.30. The Hall–Kier alpha value is -3.12. The zero-order valence-corrected chi connectivity index (χ0v) is 18.4. The minimum absolute atomic E-state index is 0.142. The van der Waals surface area contributed by atoms with E-state index in [9.17, 15) is 27.6 Å². The lowest BCUT2D eigenvalue weighted by Crippen LogP contribution is -2.45. The number of morpholine rings is 1. The maximum Gasteiger partial charge on any atom is 0.573 e. The molecule has 0 spiro atoms. The van der Waals surface area contributed by atoms with Gasteiger partial charge in [-0.2, -0.15) is 0 Å². The van der Waals surface area contributed by atoms with Crippen LogP contribution in [-0.4, -0.2) is 60.6 Å². The van der Waals surface area contributed by atoms with Crippen LogP contribution >= 0.6 is 11.3 Å². The number of nitrogens with zero attached hydrogens (tertiary/aromatic N) is 2. The molecule has 0 N–H and O–H groups in total. The van der Waals surface area contributed by atoms with Gasteiger partial charge in [0.05, 0.1) is 30.4 Å². The smallest absolute Gasteiger partial charge is 0.463 e. The summed E-state index contributed by atoms with van der Waals surface area (Å²) in [4.78, 5) is 39.2. The molecule has 1 amide bonds. The van der Waals surface area contributed by atoms with E-state index in [1.807, 2.05) is 0 Å². The van der Waals surface area contributed by atoms with E-state index in [1.54, 1.807) is 11.8 Å². The standard InChI is InChI=1S/C21H21F3N2O6S/c1-2-31-19(28)12-18-26(13-17(27)25-7-9-30-10-8-25)20(29)16(33-18)11-14-3-5-15(6-4-14)32-21(22,23)24/h3-6,11-12H,2,7-10,13H2,1H3/b16-11+,18-12-. The Labute approximate surface area is 190 Å². The molecule has 2 aromatic rings. The SMILES string of the molecule is CCOC(=O)/C=c1\s/c(=C/c2ccc(OC(F)(F)F)cc2)c(=O)n1CC(=O)N1CCOCC1. The Morgan fingerprint density at radius 3 is 2.45 bits per heavy atom. The largest absolute Gasteiger partial charge is 0.573 e. The number of carbonyl (C=O) groups excluding carboxylic acids is 2. The minimum atomic E-state index is -4.81. The van der Waals surface area contributed by atoms with Crippen LogP contribution in [0, 0.1) is 0 Å². The van der Waals surface area contributed by atoms with Gasteiger partial charge in [-0.25, -0.2) is 4.79 Å². The number of halogens is 3. The lowest BCUT2D eigenvalue weighted by molar-refractivity contribution is -0.274. The van der Waals surface area contributed by atoms with Gasteiger partial charge in [-0.3, -0.25) is 14.2 Å². The monoisotopic (exact) mass is 486 g/mol. The third-order valence-corrected chi connectivity index (χ3v) is 5.59. The second-order valence-corrected chi connectivity index (χ2v) is 7.91. The zero-order chi connectivity index (χ0) is 24.0. The first kappa shape index (κ1) is 24.5. The fourth-order valence-electron chi connectivity index (χ4n) is 3.04. The van der Waals surface area contributed by atoms with Crippen LogP contribution in [0.15, 0.2) is 29.1 Å². The van der Waals surface area contributed by atoms with Gasteiger partial charge in [0.2, 0.25) is 5.91 Å². The molecule has 2 heterocycles. The summed E-state index contributed by atoms with van der Waals surface area (Å²) in [6.45, 7) is 3.12. The number of ether oxygens (including phenoxy) is 3. The predicted molar refractivity (Wildman–Crippen MR) is 113 cm³/mol. The molecule has 0 aliphatic carbocycles. The molecule has 0 bridgehead atoms. The molecule has 33 heavy (non-hydrogen) atoms. The summed E-state index contributed by atoms with van der Waals surface area (Å²) in [6.07, 6.45) is -2.21. The highest BCUT2D eigenvalue weighted by Crippen LogP contribution is 2.22. The summed E-state index contributed by atoms with van der Waals surface area (Å²) in [5.74, 6) is -1.35. The molecular weight excluding hydrogens is 465 g/mol. The van der Waals surface area contributed by atoms with Crippen molar-refractivity contribution in [1.82, 2.24) is 9.47 Å². The molecule has 3 rings (SSSR count). The first-order chi connectivity index (χ1) is 15.7. The van der Waals surface area contributed by atoms with Crippen molar-refractivity contribution in [1.29, 1.82) is 0 Å². The molecular formula is C21H21F3N2O6S. The van der Waals surface area contributed by atoms with Crippen LogP contribution in [0.2, 0.25) is 0 Å². The minimum Gasteiger partial charge on any atom is -0.463 e. The van der Waals surface area contributed by atoms with Crippen LogP contribution in [0.3, 0.4) is 0 Å². The van der Waals surface area contributed by atoms with Crippen molar-refractivity contribution in [2.75, 3.05) is 32.9 Å². The van der Waals surface area contributed by atoms with Crippen molar-refractivity contribution in [3.05, 3.63) is 49.4 Å². The Morgan fingerprint density at radius 1 is 1.18 bits per heavy atom. The Bertz CT molecular complexity index is 1160.